The van der Waals surface area contributed by atoms with E-state index in [1.165, 1.54) is 22.9 Å². The molecule has 0 aliphatic carbocycles. The molecule has 2 heterocycles. The fourth-order valence-corrected chi connectivity index (χ4v) is 3.19. The summed E-state index contributed by atoms with van der Waals surface area (Å²) in [6.45, 7) is 4.52. The number of nitrogens with zero attached hydrogens (tertiary/aromatic N) is 1. The van der Waals surface area contributed by atoms with Gasteiger partial charge in [0.05, 0.1) is 18.4 Å². The lowest BCUT2D eigenvalue weighted by Gasteiger charge is -2.09. The van der Waals surface area contributed by atoms with Gasteiger partial charge in [-0.2, -0.15) is 0 Å². The van der Waals surface area contributed by atoms with Crippen LogP contribution in [0.2, 0.25) is 0 Å². The lowest BCUT2D eigenvalue weighted by molar-refractivity contribution is 0.0944. The number of carbonyl (C=O) groups is 1. The third kappa shape index (κ3) is 3.86. The zero-order valence-corrected chi connectivity index (χ0v) is 14.4. The largest absolute Gasteiger partial charge is 0.467 e. The van der Waals surface area contributed by atoms with Crippen molar-refractivity contribution in [3.8, 4) is 0 Å². The van der Waals surface area contributed by atoms with Crippen LogP contribution in [0.4, 0.5) is 0 Å². The Morgan fingerprint density at radius 2 is 2.04 bits per heavy atom. The molecule has 3 rings (SSSR count). The molecule has 122 valence electrons. The maximum atomic E-state index is 12.5. The van der Waals surface area contributed by atoms with Gasteiger partial charge in [0.2, 0.25) is 0 Å². The second kappa shape index (κ2) is 7.36. The molecule has 0 saturated heterocycles. The van der Waals surface area contributed by atoms with Crippen LogP contribution < -0.4 is 5.32 Å². The minimum absolute atomic E-state index is 0.161. The third-order valence-electron chi connectivity index (χ3n) is 3.71. The zero-order valence-electron chi connectivity index (χ0n) is 13.6. The van der Waals surface area contributed by atoms with Gasteiger partial charge in [0, 0.05) is 11.1 Å². The molecular formula is C19H18N2O2S. The summed E-state index contributed by atoms with van der Waals surface area (Å²) in [5.41, 5.74) is 3.03. The molecule has 5 heteroatoms. The van der Waals surface area contributed by atoms with Gasteiger partial charge in [-0.1, -0.05) is 17.8 Å². The van der Waals surface area contributed by atoms with Crippen molar-refractivity contribution in [1.82, 2.24) is 10.3 Å². The van der Waals surface area contributed by atoms with E-state index in [1.54, 1.807) is 30.7 Å². The lowest BCUT2D eigenvalue weighted by atomic mass is 10.1. The number of rotatable bonds is 5. The van der Waals surface area contributed by atoms with E-state index in [4.69, 9.17) is 4.42 Å². The third-order valence-corrected chi connectivity index (χ3v) is 4.72. The summed E-state index contributed by atoms with van der Waals surface area (Å²) in [5, 5.41) is 3.55. The number of amides is 1. The van der Waals surface area contributed by atoms with Gasteiger partial charge in [-0.05, 0) is 61.4 Å². The van der Waals surface area contributed by atoms with Gasteiger partial charge in [0.25, 0.3) is 5.91 Å². The quantitative estimate of drug-likeness (QED) is 0.750. The molecule has 24 heavy (non-hydrogen) atoms. The van der Waals surface area contributed by atoms with E-state index in [1.807, 2.05) is 12.1 Å². The van der Waals surface area contributed by atoms with Crippen LogP contribution in [0.1, 0.15) is 27.2 Å². The number of aromatic nitrogens is 1. The van der Waals surface area contributed by atoms with Gasteiger partial charge in [0.15, 0.2) is 0 Å². The zero-order chi connectivity index (χ0) is 16.9. The van der Waals surface area contributed by atoms with Crippen LogP contribution in [-0.4, -0.2) is 10.9 Å². The molecule has 1 aromatic carbocycles. The summed E-state index contributed by atoms with van der Waals surface area (Å²) in [7, 11) is 0. The molecule has 0 aliphatic rings. The first kappa shape index (κ1) is 16.3. The summed E-state index contributed by atoms with van der Waals surface area (Å²) in [4.78, 5) is 17.9. The monoisotopic (exact) mass is 338 g/mol. The smallest absolute Gasteiger partial charge is 0.254 e. The first-order valence-corrected chi connectivity index (χ1v) is 8.46. The molecule has 0 radical (unpaired) electrons. The van der Waals surface area contributed by atoms with Gasteiger partial charge in [0.1, 0.15) is 10.8 Å². The fraction of sp³-hybridized carbons (Fsp3) is 0.158. The molecule has 0 bridgehead atoms. The number of carbonyl (C=O) groups excluding carboxylic acids is 1. The van der Waals surface area contributed by atoms with Crippen LogP contribution in [0, 0.1) is 13.8 Å². The highest BCUT2D eigenvalue weighted by Crippen LogP contribution is 2.29. The highest BCUT2D eigenvalue weighted by Gasteiger charge is 2.14. The minimum Gasteiger partial charge on any atom is -0.467 e. The molecule has 1 amide bonds. The van der Waals surface area contributed by atoms with Gasteiger partial charge in [-0.15, -0.1) is 0 Å². The summed E-state index contributed by atoms with van der Waals surface area (Å²) in [6.07, 6.45) is 3.29. The molecule has 4 nitrogen and oxygen atoms in total. The van der Waals surface area contributed by atoms with Crippen molar-refractivity contribution >= 4 is 17.7 Å². The average molecular weight is 338 g/mol. The lowest BCUT2D eigenvalue weighted by Crippen LogP contribution is -2.23. The second-order valence-electron chi connectivity index (χ2n) is 5.47. The Hall–Kier alpha value is -2.53. The minimum atomic E-state index is -0.161. The molecule has 0 aliphatic heterocycles. The average Bonchev–Trinajstić information content (AvgIpc) is 3.10. The molecular weight excluding hydrogens is 320 g/mol. The number of furan rings is 1. The van der Waals surface area contributed by atoms with E-state index in [2.05, 4.69) is 36.3 Å². The van der Waals surface area contributed by atoms with E-state index in [9.17, 15) is 4.79 Å². The number of pyridine rings is 1. The Morgan fingerprint density at radius 3 is 2.79 bits per heavy atom. The number of hydrogen-bond acceptors (Lipinski definition) is 4. The summed E-state index contributed by atoms with van der Waals surface area (Å²) >= 11 is 1.49. The van der Waals surface area contributed by atoms with Crippen molar-refractivity contribution in [3.05, 3.63) is 77.4 Å². The van der Waals surface area contributed by atoms with Crippen LogP contribution in [0.3, 0.4) is 0 Å². The predicted octanol–water partition coefficient (Wildman–Crippen LogP) is 4.37. The fourth-order valence-electron chi connectivity index (χ4n) is 2.21. The standard InChI is InChI=1S/C19H18N2O2S/c1-13-7-8-16(11-14(13)2)24-19-17(6-3-9-20-19)18(22)21-12-15-5-4-10-23-15/h3-11H,12H2,1-2H3,(H,21,22). The topological polar surface area (TPSA) is 55.1 Å². The van der Waals surface area contributed by atoms with Gasteiger partial charge < -0.3 is 9.73 Å². The van der Waals surface area contributed by atoms with E-state index in [0.29, 0.717) is 17.1 Å². The van der Waals surface area contributed by atoms with Gasteiger partial charge >= 0.3 is 0 Å². The molecule has 1 N–H and O–H groups in total. The number of benzene rings is 1. The Kier molecular flexibility index (Phi) is 5.01. The van der Waals surface area contributed by atoms with Crippen molar-refractivity contribution in [2.45, 2.75) is 30.3 Å². The molecule has 2 aromatic heterocycles. The predicted molar refractivity (Wildman–Crippen MR) is 94.2 cm³/mol. The Balaban J connectivity index is 1.76. The number of aryl methyl sites for hydroxylation is 2. The maximum Gasteiger partial charge on any atom is 0.254 e. The SMILES string of the molecule is Cc1ccc(Sc2ncccc2C(=O)NCc2ccco2)cc1C. The molecule has 0 spiro atoms. The van der Waals surface area contributed by atoms with Crippen LogP contribution >= 0.6 is 11.8 Å². The second-order valence-corrected chi connectivity index (χ2v) is 6.53. The molecule has 0 atom stereocenters. The van der Waals surface area contributed by atoms with Crippen molar-refractivity contribution in [1.29, 1.82) is 0 Å². The van der Waals surface area contributed by atoms with E-state index in [-0.39, 0.29) is 5.91 Å². The van der Waals surface area contributed by atoms with E-state index < -0.39 is 0 Å². The maximum absolute atomic E-state index is 12.5. The number of nitrogens with one attached hydrogen (secondary N) is 1. The first-order valence-electron chi connectivity index (χ1n) is 7.64. The highest BCUT2D eigenvalue weighted by molar-refractivity contribution is 7.99. The Bertz CT molecular complexity index is 844. The van der Waals surface area contributed by atoms with Crippen LogP contribution in [0.25, 0.3) is 0 Å². The van der Waals surface area contributed by atoms with Crippen LogP contribution in [-0.2, 0) is 6.54 Å². The summed E-state index contributed by atoms with van der Waals surface area (Å²) in [6, 6.07) is 13.4. The van der Waals surface area contributed by atoms with Gasteiger partial charge in [-0.25, -0.2) is 4.98 Å². The molecule has 0 unspecified atom stereocenters. The number of hydrogen-bond donors (Lipinski definition) is 1. The molecule has 0 saturated carbocycles. The normalized spacial score (nSPS) is 10.6. The van der Waals surface area contributed by atoms with E-state index >= 15 is 0 Å². The summed E-state index contributed by atoms with van der Waals surface area (Å²) < 4.78 is 5.23. The van der Waals surface area contributed by atoms with Crippen molar-refractivity contribution in [3.63, 3.8) is 0 Å². The molecule has 3 aromatic rings. The Morgan fingerprint density at radius 1 is 1.17 bits per heavy atom. The first-order chi connectivity index (χ1) is 11.6. The van der Waals surface area contributed by atoms with Crippen molar-refractivity contribution in [2.75, 3.05) is 0 Å². The summed E-state index contributed by atoms with van der Waals surface area (Å²) in [5.74, 6) is 0.557. The molecule has 0 fully saturated rings. The Labute approximate surface area is 145 Å². The van der Waals surface area contributed by atoms with Crippen LogP contribution in [0.5, 0.6) is 0 Å². The van der Waals surface area contributed by atoms with Crippen molar-refractivity contribution < 1.29 is 9.21 Å². The van der Waals surface area contributed by atoms with Gasteiger partial charge in [-0.3, -0.25) is 4.79 Å². The van der Waals surface area contributed by atoms with E-state index in [0.717, 1.165) is 10.7 Å². The van der Waals surface area contributed by atoms with Crippen LogP contribution in [0.15, 0.2) is 69.3 Å². The highest BCUT2D eigenvalue weighted by atomic mass is 32.2. The van der Waals surface area contributed by atoms with Crippen molar-refractivity contribution in [2.24, 2.45) is 0 Å².